The van der Waals surface area contributed by atoms with Gasteiger partial charge in [-0.2, -0.15) is 0 Å². The molecule has 5 heteroatoms. The van der Waals surface area contributed by atoms with Crippen LogP contribution in [0.5, 0.6) is 0 Å². The third-order valence-corrected chi connectivity index (χ3v) is 1.68. The van der Waals surface area contributed by atoms with Crippen molar-refractivity contribution in [3.05, 3.63) is 11.9 Å². The second-order valence-electron chi connectivity index (χ2n) is 3.41. The molecule has 0 aliphatic carbocycles. The Labute approximate surface area is 97.0 Å². The zero-order chi connectivity index (χ0) is 12.7. The summed E-state index contributed by atoms with van der Waals surface area (Å²) >= 11 is 0. The van der Waals surface area contributed by atoms with Gasteiger partial charge >= 0.3 is 0 Å². The van der Waals surface area contributed by atoms with Crippen LogP contribution in [0.4, 0.5) is 11.6 Å². The van der Waals surface area contributed by atoms with E-state index in [4.69, 9.17) is 11.1 Å². The Kier molecular flexibility index (Phi) is 6.07. The van der Waals surface area contributed by atoms with Crippen molar-refractivity contribution in [2.45, 2.75) is 40.7 Å². The molecule has 0 bridgehead atoms. The summed E-state index contributed by atoms with van der Waals surface area (Å²) in [5.41, 5.74) is 6.62. The molecule has 90 valence electrons. The van der Waals surface area contributed by atoms with Crippen molar-refractivity contribution >= 4 is 17.3 Å². The maximum Gasteiger partial charge on any atom is 0.140 e. The molecule has 0 saturated heterocycles. The van der Waals surface area contributed by atoms with Gasteiger partial charge in [-0.1, -0.05) is 13.8 Å². The van der Waals surface area contributed by atoms with Crippen LogP contribution >= 0.6 is 0 Å². The molecule has 0 aliphatic heterocycles. The fraction of sp³-hybridized carbons (Fsp3) is 0.545. The van der Waals surface area contributed by atoms with Gasteiger partial charge in [-0.3, -0.25) is 0 Å². The zero-order valence-corrected chi connectivity index (χ0v) is 10.6. The van der Waals surface area contributed by atoms with Crippen molar-refractivity contribution in [2.75, 3.05) is 11.1 Å². The molecule has 1 aromatic heterocycles. The minimum atomic E-state index is 0.252. The van der Waals surface area contributed by atoms with Gasteiger partial charge in [-0.15, -0.1) is 0 Å². The third-order valence-electron chi connectivity index (χ3n) is 1.68. The number of hydrogen-bond acceptors (Lipinski definition) is 5. The molecule has 0 atom stereocenters. The molecule has 0 aromatic carbocycles. The van der Waals surface area contributed by atoms with Gasteiger partial charge in [0.2, 0.25) is 0 Å². The summed E-state index contributed by atoms with van der Waals surface area (Å²) in [5, 5.41) is 10.7. The first-order chi connectivity index (χ1) is 7.52. The predicted molar refractivity (Wildman–Crippen MR) is 69.1 cm³/mol. The summed E-state index contributed by atoms with van der Waals surface area (Å²) in [6.07, 6.45) is 1.40. The molecule has 0 saturated carbocycles. The molecule has 0 aliphatic rings. The average molecular weight is 223 g/mol. The van der Waals surface area contributed by atoms with Gasteiger partial charge in [-0.05, 0) is 20.8 Å². The number of anilines is 2. The first-order valence-corrected chi connectivity index (χ1v) is 5.45. The number of aromatic nitrogens is 2. The van der Waals surface area contributed by atoms with Crippen LogP contribution in [0.25, 0.3) is 0 Å². The van der Waals surface area contributed by atoms with Crippen molar-refractivity contribution in [3.8, 4) is 0 Å². The molecular formula is C11H21N5. The van der Waals surface area contributed by atoms with E-state index in [2.05, 4.69) is 15.3 Å². The highest BCUT2D eigenvalue weighted by Gasteiger charge is 2.11. The zero-order valence-electron chi connectivity index (χ0n) is 10.6. The monoisotopic (exact) mass is 223 g/mol. The van der Waals surface area contributed by atoms with Crippen molar-refractivity contribution in [3.63, 3.8) is 0 Å². The number of nitrogens with zero attached hydrogens (tertiary/aromatic N) is 2. The van der Waals surface area contributed by atoms with Crippen LogP contribution in [0.2, 0.25) is 0 Å². The Bertz CT molecular complexity index is 346. The van der Waals surface area contributed by atoms with E-state index in [0.29, 0.717) is 22.9 Å². The Morgan fingerprint density at radius 1 is 1.38 bits per heavy atom. The number of nitrogen functional groups attached to an aromatic ring is 1. The first-order valence-electron chi connectivity index (χ1n) is 5.45. The Morgan fingerprint density at radius 3 is 2.38 bits per heavy atom. The van der Waals surface area contributed by atoms with E-state index in [0.717, 1.165) is 0 Å². The van der Waals surface area contributed by atoms with Gasteiger partial charge in [0.25, 0.3) is 0 Å². The Balaban J connectivity index is 0.00000106. The predicted octanol–water partition coefficient (Wildman–Crippen LogP) is 2.29. The lowest BCUT2D eigenvalue weighted by atomic mass is 10.2. The molecule has 0 amide bonds. The van der Waals surface area contributed by atoms with Crippen LogP contribution in [0, 0.1) is 5.41 Å². The molecular weight excluding hydrogens is 202 g/mol. The maximum absolute atomic E-state index is 7.56. The van der Waals surface area contributed by atoms with Crippen molar-refractivity contribution in [1.82, 2.24) is 9.97 Å². The molecule has 16 heavy (non-hydrogen) atoms. The lowest BCUT2D eigenvalue weighted by Crippen LogP contribution is -2.16. The van der Waals surface area contributed by atoms with E-state index in [1.165, 1.54) is 6.33 Å². The average Bonchev–Trinajstić information content (AvgIpc) is 2.19. The van der Waals surface area contributed by atoms with E-state index in [-0.39, 0.29) is 6.04 Å². The fourth-order valence-electron chi connectivity index (χ4n) is 1.15. The van der Waals surface area contributed by atoms with Gasteiger partial charge in [0.15, 0.2) is 0 Å². The van der Waals surface area contributed by atoms with Crippen LogP contribution in [0.15, 0.2) is 6.33 Å². The summed E-state index contributed by atoms with van der Waals surface area (Å²) < 4.78 is 0. The van der Waals surface area contributed by atoms with E-state index >= 15 is 0 Å². The molecule has 0 fully saturated rings. The van der Waals surface area contributed by atoms with Crippen LogP contribution in [-0.4, -0.2) is 21.7 Å². The second-order valence-corrected chi connectivity index (χ2v) is 3.41. The van der Waals surface area contributed by atoms with Crippen LogP contribution in [-0.2, 0) is 0 Å². The summed E-state index contributed by atoms with van der Waals surface area (Å²) in [6.45, 7) is 9.67. The Morgan fingerprint density at radius 2 is 1.94 bits per heavy atom. The van der Waals surface area contributed by atoms with Gasteiger partial charge in [-0.25, -0.2) is 9.97 Å². The largest absolute Gasteiger partial charge is 0.383 e. The van der Waals surface area contributed by atoms with Gasteiger partial charge in [0.05, 0.1) is 5.56 Å². The molecule has 1 heterocycles. The Hall–Kier alpha value is -1.65. The molecule has 0 spiro atoms. The fourth-order valence-corrected chi connectivity index (χ4v) is 1.15. The van der Waals surface area contributed by atoms with Crippen LogP contribution < -0.4 is 11.1 Å². The number of nitrogens with two attached hydrogens (primary N) is 1. The highest BCUT2D eigenvalue weighted by atomic mass is 15.0. The summed E-state index contributed by atoms with van der Waals surface area (Å²) in [7, 11) is 0. The second kappa shape index (κ2) is 6.76. The number of nitrogens with one attached hydrogen (secondary N) is 2. The highest BCUT2D eigenvalue weighted by Crippen LogP contribution is 2.17. The minimum Gasteiger partial charge on any atom is -0.383 e. The summed E-state index contributed by atoms with van der Waals surface area (Å²) in [5.74, 6) is 0.968. The standard InChI is InChI=1S/C9H15N5.C2H6/c1-5(2)14-9-7(6(3)10)8(11)12-4-13-9;1-2/h4-5,10H,1-3H3,(H3,11,12,13,14);1-2H3. The van der Waals surface area contributed by atoms with E-state index in [9.17, 15) is 0 Å². The SMILES string of the molecule is CC.CC(=N)c1c(N)ncnc1NC(C)C. The van der Waals surface area contributed by atoms with E-state index < -0.39 is 0 Å². The van der Waals surface area contributed by atoms with E-state index in [1.54, 1.807) is 6.92 Å². The number of rotatable bonds is 3. The first kappa shape index (κ1) is 14.3. The van der Waals surface area contributed by atoms with Crippen molar-refractivity contribution in [1.29, 1.82) is 5.41 Å². The lowest BCUT2D eigenvalue weighted by Gasteiger charge is -2.13. The lowest BCUT2D eigenvalue weighted by molar-refractivity contribution is 0.885. The maximum atomic E-state index is 7.56. The smallest absolute Gasteiger partial charge is 0.140 e. The topological polar surface area (TPSA) is 87.7 Å². The van der Waals surface area contributed by atoms with Gasteiger partial charge < -0.3 is 16.5 Å². The summed E-state index contributed by atoms with van der Waals surface area (Å²) in [6, 6.07) is 0.252. The molecule has 1 aromatic rings. The van der Waals surface area contributed by atoms with Crippen molar-refractivity contribution in [2.24, 2.45) is 0 Å². The quantitative estimate of drug-likeness (QED) is 0.686. The van der Waals surface area contributed by atoms with Crippen LogP contribution in [0.3, 0.4) is 0 Å². The minimum absolute atomic E-state index is 0.252. The van der Waals surface area contributed by atoms with Gasteiger partial charge in [0.1, 0.15) is 18.0 Å². The molecule has 4 N–H and O–H groups in total. The molecule has 0 radical (unpaired) electrons. The van der Waals surface area contributed by atoms with Gasteiger partial charge in [0, 0.05) is 11.8 Å². The molecule has 0 unspecified atom stereocenters. The molecule has 1 rings (SSSR count). The molecule has 5 nitrogen and oxygen atoms in total. The third kappa shape index (κ3) is 3.84. The normalized spacial score (nSPS) is 9.38. The van der Waals surface area contributed by atoms with E-state index in [1.807, 2.05) is 27.7 Å². The van der Waals surface area contributed by atoms with Crippen molar-refractivity contribution < 1.29 is 0 Å². The summed E-state index contributed by atoms with van der Waals surface area (Å²) in [4.78, 5) is 7.91. The highest BCUT2D eigenvalue weighted by molar-refractivity contribution is 6.04. The van der Waals surface area contributed by atoms with Crippen LogP contribution in [0.1, 0.15) is 40.2 Å². The number of hydrogen-bond donors (Lipinski definition) is 3.